The first-order chi connectivity index (χ1) is 13.4. The van der Waals surface area contributed by atoms with Gasteiger partial charge in [-0.1, -0.05) is 25.1 Å². The summed E-state index contributed by atoms with van der Waals surface area (Å²) in [6.45, 7) is 13.8. The molecule has 2 atom stereocenters. The van der Waals surface area contributed by atoms with Crippen LogP contribution in [0, 0.1) is 19.8 Å². The van der Waals surface area contributed by atoms with Gasteiger partial charge in [0.05, 0.1) is 11.4 Å². The Morgan fingerprint density at radius 3 is 2.55 bits per heavy atom. The molecule has 2 heterocycles. The summed E-state index contributed by atoms with van der Waals surface area (Å²) in [5.74, 6) is 1.45. The quantitative estimate of drug-likeness (QED) is 0.368. The number of nitrogens with one attached hydrogen (secondary N) is 2. The van der Waals surface area contributed by atoms with Crippen molar-refractivity contribution in [2.24, 2.45) is 10.9 Å². The highest BCUT2D eigenvalue weighted by atomic mass is 127. The molecule has 1 aliphatic rings. The molecule has 0 spiro atoms. The van der Waals surface area contributed by atoms with Crippen molar-refractivity contribution < 1.29 is 0 Å². The van der Waals surface area contributed by atoms with E-state index in [0.717, 1.165) is 36.1 Å². The number of likely N-dealkylation sites (tertiary alicyclic amines) is 1. The van der Waals surface area contributed by atoms with E-state index in [1.54, 1.807) is 0 Å². The number of aryl methyl sites for hydroxylation is 2. The first-order valence-electron chi connectivity index (χ1n) is 10.2. The van der Waals surface area contributed by atoms with Crippen molar-refractivity contribution in [3.8, 4) is 5.69 Å². The summed E-state index contributed by atoms with van der Waals surface area (Å²) < 4.78 is 2.02. The van der Waals surface area contributed by atoms with Crippen LogP contribution in [-0.4, -0.2) is 52.9 Å². The highest BCUT2D eigenvalue weighted by Crippen LogP contribution is 2.19. The zero-order chi connectivity index (χ0) is 20.3. The molecule has 2 unspecified atom stereocenters. The Balaban J connectivity index is 0.00000300. The van der Waals surface area contributed by atoms with Gasteiger partial charge < -0.3 is 10.6 Å². The van der Waals surface area contributed by atoms with E-state index in [4.69, 9.17) is 0 Å². The third kappa shape index (κ3) is 5.72. The molecule has 160 valence electrons. The third-order valence-corrected chi connectivity index (χ3v) is 5.59. The molecule has 29 heavy (non-hydrogen) atoms. The van der Waals surface area contributed by atoms with E-state index in [9.17, 15) is 0 Å². The zero-order valence-corrected chi connectivity index (χ0v) is 20.8. The average molecular weight is 510 g/mol. The van der Waals surface area contributed by atoms with E-state index < -0.39 is 0 Å². The third-order valence-electron chi connectivity index (χ3n) is 5.59. The Morgan fingerprint density at radius 2 is 1.97 bits per heavy atom. The largest absolute Gasteiger partial charge is 0.352 e. The maximum absolute atomic E-state index is 4.64. The molecule has 3 rings (SSSR count). The normalized spacial score (nSPS) is 20.0. The summed E-state index contributed by atoms with van der Waals surface area (Å²) in [6.07, 6.45) is 0. The number of halogens is 1. The SMILES string of the molecule is CN=C(NCc1ccccc1-n1nc(C)cc1C)NC1CN(C(C)C)CC1C.I. The Morgan fingerprint density at radius 1 is 1.24 bits per heavy atom. The molecule has 0 bridgehead atoms. The fourth-order valence-corrected chi connectivity index (χ4v) is 3.90. The number of para-hydroxylation sites is 1. The van der Waals surface area contributed by atoms with Gasteiger partial charge >= 0.3 is 0 Å². The summed E-state index contributed by atoms with van der Waals surface area (Å²) in [6, 6.07) is 11.5. The fraction of sp³-hybridized carbons (Fsp3) is 0.545. The zero-order valence-electron chi connectivity index (χ0n) is 18.4. The maximum atomic E-state index is 4.64. The van der Waals surface area contributed by atoms with Crippen LogP contribution in [0.25, 0.3) is 5.69 Å². The Hall–Kier alpha value is -1.61. The molecular formula is C22H35IN6. The van der Waals surface area contributed by atoms with Crippen molar-refractivity contribution in [1.82, 2.24) is 25.3 Å². The van der Waals surface area contributed by atoms with Gasteiger partial charge in [0.15, 0.2) is 5.96 Å². The first-order valence-corrected chi connectivity index (χ1v) is 10.2. The van der Waals surface area contributed by atoms with E-state index in [0.29, 0.717) is 24.5 Å². The van der Waals surface area contributed by atoms with Crippen molar-refractivity contribution in [2.45, 2.75) is 53.2 Å². The lowest BCUT2D eigenvalue weighted by Gasteiger charge is -2.22. The predicted octanol–water partition coefficient (Wildman–Crippen LogP) is 3.50. The highest BCUT2D eigenvalue weighted by molar-refractivity contribution is 14.0. The molecule has 1 aromatic carbocycles. The lowest BCUT2D eigenvalue weighted by Crippen LogP contribution is -2.46. The van der Waals surface area contributed by atoms with Gasteiger partial charge in [0, 0.05) is 44.5 Å². The number of aliphatic imine (C=N–C) groups is 1. The summed E-state index contributed by atoms with van der Waals surface area (Å²) in [7, 11) is 1.84. The van der Waals surface area contributed by atoms with Gasteiger partial charge in [-0.3, -0.25) is 9.89 Å². The van der Waals surface area contributed by atoms with Crippen LogP contribution in [0.3, 0.4) is 0 Å². The summed E-state index contributed by atoms with van der Waals surface area (Å²) in [5.41, 5.74) is 4.47. The van der Waals surface area contributed by atoms with E-state index in [2.05, 4.69) is 83.7 Å². The van der Waals surface area contributed by atoms with Crippen LogP contribution in [-0.2, 0) is 6.54 Å². The molecule has 0 radical (unpaired) electrons. The molecule has 0 amide bonds. The topological polar surface area (TPSA) is 57.5 Å². The Kier molecular flexibility index (Phi) is 8.51. The van der Waals surface area contributed by atoms with Crippen LogP contribution in [0.5, 0.6) is 0 Å². The van der Waals surface area contributed by atoms with Gasteiger partial charge in [-0.15, -0.1) is 24.0 Å². The lowest BCUT2D eigenvalue weighted by molar-refractivity contribution is 0.265. The van der Waals surface area contributed by atoms with Crippen molar-refractivity contribution in [2.75, 3.05) is 20.1 Å². The molecule has 7 heteroatoms. The maximum Gasteiger partial charge on any atom is 0.191 e. The van der Waals surface area contributed by atoms with E-state index in [1.165, 1.54) is 5.56 Å². The monoisotopic (exact) mass is 510 g/mol. The van der Waals surface area contributed by atoms with E-state index >= 15 is 0 Å². The minimum atomic E-state index is 0. The van der Waals surface area contributed by atoms with Crippen LogP contribution in [0.4, 0.5) is 0 Å². The molecular weight excluding hydrogens is 475 g/mol. The number of nitrogens with zero attached hydrogens (tertiary/aromatic N) is 4. The fourth-order valence-electron chi connectivity index (χ4n) is 3.90. The molecule has 0 saturated carbocycles. The predicted molar refractivity (Wildman–Crippen MR) is 131 cm³/mol. The number of guanidine groups is 1. The van der Waals surface area contributed by atoms with Gasteiger partial charge in [0.1, 0.15) is 0 Å². The van der Waals surface area contributed by atoms with E-state index in [-0.39, 0.29) is 24.0 Å². The van der Waals surface area contributed by atoms with Crippen LogP contribution in [0.2, 0.25) is 0 Å². The van der Waals surface area contributed by atoms with E-state index in [1.807, 2.05) is 18.7 Å². The first kappa shape index (κ1) is 23.7. The number of hydrogen-bond donors (Lipinski definition) is 2. The minimum absolute atomic E-state index is 0. The molecule has 6 nitrogen and oxygen atoms in total. The molecule has 2 aromatic rings. The molecule has 2 N–H and O–H groups in total. The van der Waals surface area contributed by atoms with Crippen molar-refractivity contribution in [1.29, 1.82) is 0 Å². The molecule has 0 aliphatic carbocycles. The molecule has 1 aromatic heterocycles. The van der Waals surface area contributed by atoms with Crippen LogP contribution in [0.15, 0.2) is 35.3 Å². The van der Waals surface area contributed by atoms with Gasteiger partial charge in [-0.2, -0.15) is 5.10 Å². The molecule has 1 aliphatic heterocycles. The summed E-state index contributed by atoms with van der Waals surface area (Å²) in [5, 5.41) is 11.8. The second kappa shape index (κ2) is 10.4. The molecule has 1 fully saturated rings. The number of benzene rings is 1. The number of hydrogen-bond acceptors (Lipinski definition) is 3. The standard InChI is InChI=1S/C22H34N6.HI/c1-15(2)27-13-16(3)20(14-27)25-22(23-6)24-12-19-9-7-8-10-21(19)28-18(5)11-17(4)26-28;/h7-11,15-16,20H,12-14H2,1-6H3,(H2,23,24,25);1H. The Bertz CT molecular complexity index is 828. The van der Waals surface area contributed by atoms with Crippen molar-refractivity contribution in [3.63, 3.8) is 0 Å². The highest BCUT2D eigenvalue weighted by Gasteiger charge is 2.31. The smallest absolute Gasteiger partial charge is 0.191 e. The van der Waals surface area contributed by atoms with Crippen molar-refractivity contribution in [3.05, 3.63) is 47.3 Å². The number of rotatable bonds is 5. The lowest BCUT2D eigenvalue weighted by atomic mass is 10.1. The van der Waals surface area contributed by atoms with Crippen LogP contribution in [0.1, 0.15) is 37.7 Å². The van der Waals surface area contributed by atoms with Gasteiger partial charge in [-0.25, -0.2) is 4.68 Å². The number of aromatic nitrogens is 2. The van der Waals surface area contributed by atoms with Gasteiger partial charge in [0.25, 0.3) is 0 Å². The van der Waals surface area contributed by atoms with Crippen molar-refractivity contribution >= 4 is 29.9 Å². The second-order valence-electron chi connectivity index (χ2n) is 8.17. The minimum Gasteiger partial charge on any atom is -0.352 e. The summed E-state index contributed by atoms with van der Waals surface area (Å²) >= 11 is 0. The Labute approximate surface area is 192 Å². The van der Waals surface area contributed by atoms with Crippen LogP contribution >= 0.6 is 24.0 Å². The van der Waals surface area contributed by atoms with Gasteiger partial charge in [-0.05, 0) is 51.3 Å². The molecule has 1 saturated heterocycles. The second-order valence-corrected chi connectivity index (χ2v) is 8.17. The van der Waals surface area contributed by atoms with Crippen LogP contribution < -0.4 is 10.6 Å². The van der Waals surface area contributed by atoms with Gasteiger partial charge in [0.2, 0.25) is 0 Å². The average Bonchev–Trinajstić information content (AvgIpc) is 3.20. The summed E-state index contributed by atoms with van der Waals surface area (Å²) in [4.78, 5) is 6.97.